The van der Waals surface area contributed by atoms with Crippen LogP contribution < -0.4 is 0 Å². The van der Waals surface area contributed by atoms with Crippen molar-refractivity contribution < 1.29 is 9.32 Å². The van der Waals surface area contributed by atoms with Gasteiger partial charge >= 0.3 is 0 Å². The van der Waals surface area contributed by atoms with Gasteiger partial charge in [-0.15, -0.1) is 0 Å². The topological polar surface area (TPSA) is 49.6 Å². The van der Waals surface area contributed by atoms with Crippen molar-refractivity contribution in [1.82, 2.24) is 15.0 Å². The fraction of sp³-hybridized carbons (Fsp3) is 0.545. The number of aryl methyl sites for hydroxylation is 1. The second kappa shape index (κ2) is 8.26. The molecule has 2 aromatic rings. The Balaban J connectivity index is 1.45. The fourth-order valence-electron chi connectivity index (χ4n) is 4.32. The first-order valence-corrected chi connectivity index (χ1v) is 10.3. The van der Waals surface area contributed by atoms with E-state index in [9.17, 15) is 4.79 Å². The number of likely N-dealkylation sites (tertiary alicyclic amines) is 2. The lowest BCUT2D eigenvalue weighted by atomic mass is 9.97. The molecule has 4 rings (SSSR count). The molecule has 5 heteroatoms. The van der Waals surface area contributed by atoms with E-state index in [0.29, 0.717) is 0 Å². The largest absolute Gasteiger partial charge is 0.361 e. The van der Waals surface area contributed by atoms with Crippen LogP contribution in [0.5, 0.6) is 0 Å². The SMILES string of the molecule is Cc1cc([C@@H]2CCCCN2C(=O)c2ccc(CN3CCCCC3)cc2)no1. The van der Waals surface area contributed by atoms with Gasteiger partial charge in [0.05, 0.1) is 6.04 Å². The highest BCUT2D eigenvalue weighted by Gasteiger charge is 2.30. The second-order valence-corrected chi connectivity index (χ2v) is 7.91. The van der Waals surface area contributed by atoms with E-state index in [2.05, 4.69) is 22.2 Å². The van der Waals surface area contributed by atoms with Crippen molar-refractivity contribution in [1.29, 1.82) is 0 Å². The lowest BCUT2D eigenvalue weighted by Gasteiger charge is -2.34. The van der Waals surface area contributed by atoms with E-state index >= 15 is 0 Å². The molecule has 2 fully saturated rings. The Morgan fingerprint density at radius 1 is 1.07 bits per heavy atom. The van der Waals surface area contributed by atoms with Crippen LogP contribution in [0.25, 0.3) is 0 Å². The molecule has 27 heavy (non-hydrogen) atoms. The molecule has 2 aliphatic rings. The molecule has 0 aliphatic carbocycles. The minimum atomic E-state index is 0.0247. The summed E-state index contributed by atoms with van der Waals surface area (Å²) in [5.74, 6) is 0.898. The molecule has 144 valence electrons. The van der Waals surface area contributed by atoms with Gasteiger partial charge in [0.1, 0.15) is 11.5 Å². The van der Waals surface area contributed by atoms with E-state index in [1.165, 1.54) is 37.9 Å². The number of rotatable bonds is 4. The zero-order chi connectivity index (χ0) is 18.6. The number of carbonyl (C=O) groups is 1. The fourth-order valence-corrected chi connectivity index (χ4v) is 4.32. The molecule has 2 saturated heterocycles. The monoisotopic (exact) mass is 367 g/mol. The van der Waals surface area contributed by atoms with E-state index in [0.717, 1.165) is 49.4 Å². The number of hydrogen-bond donors (Lipinski definition) is 0. The second-order valence-electron chi connectivity index (χ2n) is 7.91. The summed E-state index contributed by atoms with van der Waals surface area (Å²) in [7, 11) is 0. The first kappa shape index (κ1) is 18.2. The molecule has 0 N–H and O–H groups in total. The summed E-state index contributed by atoms with van der Waals surface area (Å²) in [6.45, 7) is 6.04. The Kier molecular flexibility index (Phi) is 5.58. The molecule has 0 unspecified atom stereocenters. The molecule has 2 aliphatic heterocycles. The summed E-state index contributed by atoms with van der Waals surface area (Å²) in [5.41, 5.74) is 2.93. The zero-order valence-electron chi connectivity index (χ0n) is 16.2. The summed E-state index contributed by atoms with van der Waals surface area (Å²) in [5, 5.41) is 4.17. The molecule has 1 atom stereocenters. The van der Waals surface area contributed by atoms with Crippen molar-refractivity contribution in [2.45, 2.75) is 58.0 Å². The summed E-state index contributed by atoms with van der Waals surface area (Å²) in [4.78, 5) is 17.6. The van der Waals surface area contributed by atoms with Crippen LogP contribution in [0.1, 0.15) is 71.9 Å². The van der Waals surface area contributed by atoms with Gasteiger partial charge < -0.3 is 9.42 Å². The molecule has 5 nitrogen and oxygen atoms in total. The van der Waals surface area contributed by atoms with Crippen LogP contribution in [0, 0.1) is 6.92 Å². The van der Waals surface area contributed by atoms with Crippen molar-refractivity contribution >= 4 is 5.91 Å². The van der Waals surface area contributed by atoms with Crippen molar-refractivity contribution in [2.75, 3.05) is 19.6 Å². The standard InChI is InChI=1S/C22H29N3O2/c1-17-15-20(23-27-17)21-7-3-6-14-25(21)22(26)19-10-8-18(9-11-19)16-24-12-4-2-5-13-24/h8-11,15,21H,2-7,12-14,16H2,1H3/t21-/m0/s1. The Morgan fingerprint density at radius 2 is 1.81 bits per heavy atom. The first-order valence-electron chi connectivity index (χ1n) is 10.3. The molecule has 1 aromatic heterocycles. The average molecular weight is 367 g/mol. The van der Waals surface area contributed by atoms with Gasteiger partial charge in [0.15, 0.2) is 0 Å². The van der Waals surface area contributed by atoms with Gasteiger partial charge in [0, 0.05) is 24.7 Å². The summed E-state index contributed by atoms with van der Waals surface area (Å²) in [6, 6.07) is 10.2. The van der Waals surface area contributed by atoms with E-state index in [1.54, 1.807) is 0 Å². The molecule has 1 amide bonds. The third-order valence-corrected chi connectivity index (χ3v) is 5.81. The maximum atomic E-state index is 13.1. The van der Waals surface area contributed by atoms with Crippen molar-refractivity contribution in [3.63, 3.8) is 0 Å². The zero-order valence-corrected chi connectivity index (χ0v) is 16.2. The number of benzene rings is 1. The van der Waals surface area contributed by atoms with Crippen molar-refractivity contribution in [2.24, 2.45) is 0 Å². The Labute approximate surface area is 161 Å². The van der Waals surface area contributed by atoms with Crippen LogP contribution in [-0.2, 0) is 6.54 Å². The van der Waals surface area contributed by atoms with Gasteiger partial charge in [-0.2, -0.15) is 0 Å². The van der Waals surface area contributed by atoms with Crippen molar-refractivity contribution in [3.05, 3.63) is 52.9 Å². The number of amides is 1. The number of hydrogen-bond acceptors (Lipinski definition) is 4. The van der Waals surface area contributed by atoms with Crippen LogP contribution in [0.3, 0.4) is 0 Å². The lowest BCUT2D eigenvalue weighted by Crippen LogP contribution is -2.38. The van der Waals surface area contributed by atoms with Crippen molar-refractivity contribution in [3.8, 4) is 0 Å². The maximum absolute atomic E-state index is 13.1. The summed E-state index contributed by atoms with van der Waals surface area (Å²) in [6.07, 6.45) is 7.07. The predicted octanol–water partition coefficient (Wildman–Crippen LogP) is 4.34. The van der Waals surface area contributed by atoms with Gasteiger partial charge in [-0.1, -0.05) is 23.7 Å². The third-order valence-electron chi connectivity index (χ3n) is 5.81. The predicted molar refractivity (Wildman–Crippen MR) is 104 cm³/mol. The molecular weight excluding hydrogens is 338 g/mol. The molecule has 0 bridgehead atoms. The van der Waals surface area contributed by atoms with Crippen LogP contribution >= 0.6 is 0 Å². The molecule has 3 heterocycles. The van der Waals surface area contributed by atoms with Crippen LogP contribution in [0.4, 0.5) is 0 Å². The Bertz CT molecular complexity index is 762. The smallest absolute Gasteiger partial charge is 0.254 e. The normalized spacial score (nSPS) is 21.4. The van der Waals surface area contributed by atoms with Gasteiger partial charge in [-0.25, -0.2) is 0 Å². The van der Waals surface area contributed by atoms with Gasteiger partial charge in [0.2, 0.25) is 0 Å². The maximum Gasteiger partial charge on any atom is 0.254 e. The van der Waals surface area contributed by atoms with E-state index in [1.807, 2.05) is 30.0 Å². The van der Waals surface area contributed by atoms with Gasteiger partial charge in [-0.3, -0.25) is 9.69 Å². The highest BCUT2D eigenvalue weighted by atomic mass is 16.5. The molecule has 0 saturated carbocycles. The van der Waals surface area contributed by atoms with Crippen LogP contribution in [0.2, 0.25) is 0 Å². The lowest BCUT2D eigenvalue weighted by molar-refractivity contribution is 0.0602. The minimum Gasteiger partial charge on any atom is -0.361 e. The third kappa shape index (κ3) is 4.24. The van der Waals surface area contributed by atoms with E-state index < -0.39 is 0 Å². The summed E-state index contributed by atoms with van der Waals surface area (Å²) < 4.78 is 5.25. The molecular formula is C22H29N3O2. The molecule has 0 radical (unpaired) electrons. The van der Waals surface area contributed by atoms with Crippen LogP contribution in [-0.4, -0.2) is 40.5 Å². The number of nitrogens with zero attached hydrogens (tertiary/aromatic N) is 3. The highest BCUT2D eigenvalue weighted by Crippen LogP contribution is 2.31. The van der Waals surface area contributed by atoms with E-state index in [4.69, 9.17) is 4.52 Å². The minimum absolute atomic E-state index is 0.0247. The quantitative estimate of drug-likeness (QED) is 0.807. The summed E-state index contributed by atoms with van der Waals surface area (Å²) >= 11 is 0. The Morgan fingerprint density at radius 3 is 2.52 bits per heavy atom. The Hall–Kier alpha value is -2.14. The molecule has 0 spiro atoms. The molecule has 1 aromatic carbocycles. The van der Waals surface area contributed by atoms with E-state index in [-0.39, 0.29) is 11.9 Å². The van der Waals surface area contributed by atoms with Crippen LogP contribution in [0.15, 0.2) is 34.9 Å². The highest BCUT2D eigenvalue weighted by molar-refractivity contribution is 5.94. The van der Waals surface area contributed by atoms with Gasteiger partial charge in [-0.05, 0) is 69.8 Å². The first-order chi connectivity index (χ1) is 13.2. The number of piperidine rings is 2. The number of carbonyl (C=O) groups excluding carboxylic acids is 1. The van der Waals surface area contributed by atoms with Gasteiger partial charge in [0.25, 0.3) is 5.91 Å². The number of aromatic nitrogens is 1. The average Bonchev–Trinajstić information content (AvgIpc) is 3.15.